The number of benzene rings is 2. The quantitative estimate of drug-likeness (QED) is 0.279. The van der Waals surface area contributed by atoms with E-state index in [1.54, 1.807) is 30.5 Å². The average molecular weight is 509 g/mol. The van der Waals surface area contributed by atoms with Crippen molar-refractivity contribution in [3.05, 3.63) is 59.3 Å². The third-order valence-corrected chi connectivity index (χ3v) is 6.47. The van der Waals surface area contributed by atoms with Gasteiger partial charge in [-0.15, -0.1) is 0 Å². The van der Waals surface area contributed by atoms with Crippen LogP contribution in [0, 0.1) is 5.92 Å². The van der Waals surface area contributed by atoms with Gasteiger partial charge in [-0.2, -0.15) is 0 Å². The first-order valence-corrected chi connectivity index (χ1v) is 12.5. The fraction of sp³-hybridized carbons (Fsp3) is 0.393. The number of nitrogens with one attached hydrogen (secondary N) is 2. The summed E-state index contributed by atoms with van der Waals surface area (Å²) < 4.78 is 5.23. The van der Waals surface area contributed by atoms with E-state index in [4.69, 9.17) is 15.6 Å². The smallest absolute Gasteiger partial charge is 0.305 e. The van der Waals surface area contributed by atoms with Crippen LogP contribution in [0.5, 0.6) is 11.5 Å². The van der Waals surface area contributed by atoms with Crippen LogP contribution in [0.15, 0.2) is 58.7 Å². The summed E-state index contributed by atoms with van der Waals surface area (Å²) in [5.74, 6) is -0.346. The number of nitrogens with zero attached hydrogens (tertiary/aromatic N) is 1. The van der Waals surface area contributed by atoms with Crippen LogP contribution >= 0.6 is 0 Å². The number of anilines is 1. The molecule has 198 valence electrons. The van der Waals surface area contributed by atoms with Crippen LogP contribution in [0.25, 0.3) is 0 Å². The van der Waals surface area contributed by atoms with Gasteiger partial charge in [-0.25, -0.2) is 0 Å². The van der Waals surface area contributed by atoms with Crippen molar-refractivity contribution >= 4 is 29.5 Å². The molecule has 2 aromatic carbocycles. The highest BCUT2D eigenvalue weighted by molar-refractivity contribution is 5.94. The van der Waals surface area contributed by atoms with Gasteiger partial charge < -0.3 is 31.3 Å². The van der Waals surface area contributed by atoms with Crippen LogP contribution in [0.2, 0.25) is 0 Å². The van der Waals surface area contributed by atoms with Crippen LogP contribution in [0.1, 0.15) is 55.8 Å². The minimum Gasteiger partial charge on any atom is -0.508 e. The van der Waals surface area contributed by atoms with Crippen molar-refractivity contribution in [1.82, 2.24) is 5.32 Å². The van der Waals surface area contributed by atoms with Gasteiger partial charge in [0.05, 0.1) is 25.3 Å². The zero-order valence-corrected chi connectivity index (χ0v) is 21.4. The average Bonchev–Trinajstić information content (AvgIpc) is 2.88. The number of methoxy groups -OCH3 is 1. The maximum Gasteiger partial charge on any atom is 0.305 e. The van der Waals surface area contributed by atoms with Crippen LogP contribution in [0.4, 0.5) is 11.4 Å². The molecule has 1 aliphatic carbocycles. The number of ether oxygens (including phenoxy) is 1. The van der Waals surface area contributed by atoms with Crippen LogP contribution in [0.3, 0.4) is 0 Å². The molecular formula is C28H36N4O5. The molecule has 3 rings (SSSR count). The number of carbonyl (C=O) groups excluding carboxylic acids is 1. The molecule has 0 radical (unpaired) electrons. The van der Waals surface area contributed by atoms with Gasteiger partial charge in [-0.05, 0) is 49.9 Å². The second kappa shape index (κ2) is 13.3. The number of phenolic OH excluding ortho intramolecular Hbond substituents is 1. The number of aliphatic carboxylic acids is 1. The molecule has 1 saturated carbocycles. The first-order valence-electron chi connectivity index (χ1n) is 12.5. The van der Waals surface area contributed by atoms with E-state index in [0.717, 1.165) is 36.9 Å². The molecule has 0 aliphatic heterocycles. The number of allylic oxidation sites excluding steroid dienone is 1. The number of carboxylic acids is 1. The number of aliphatic imine (C=N–C) groups is 1. The molecular weight excluding hydrogens is 472 g/mol. The molecule has 0 spiro atoms. The third-order valence-electron chi connectivity index (χ3n) is 6.47. The lowest BCUT2D eigenvalue weighted by Crippen LogP contribution is -2.34. The van der Waals surface area contributed by atoms with E-state index in [0.29, 0.717) is 28.6 Å². The van der Waals surface area contributed by atoms with Crippen molar-refractivity contribution in [2.24, 2.45) is 16.6 Å². The number of aromatic hydroxyl groups is 1. The lowest BCUT2D eigenvalue weighted by molar-refractivity contribution is -0.136. The topological polar surface area (TPSA) is 146 Å². The second-order valence-electron chi connectivity index (χ2n) is 9.28. The molecule has 6 N–H and O–H groups in total. The lowest BCUT2D eigenvalue weighted by Gasteiger charge is -2.33. The summed E-state index contributed by atoms with van der Waals surface area (Å²) in [6, 6.07) is 11.8. The highest BCUT2D eigenvalue weighted by Gasteiger charge is 2.27. The standard InChI is InChI=1S/C28H36N4O5/c1-18(29)25(17-31-22-14-23(33)16-24(15-22)37-2)27(19-6-4-3-5-7-19)32-21-10-8-20(9-11-21)28(36)30-13-12-26(34)35/h8-11,14-17,19,27,32-33H,3-7,12-13,29H2,1-2H3,(H,30,36)(H,34,35). The van der Waals surface area contributed by atoms with E-state index < -0.39 is 5.97 Å². The molecule has 1 atom stereocenters. The maximum atomic E-state index is 12.3. The molecule has 0 aromatic heterocycles. The normalized spacial score (nSPS) is 15.6. The van der Waals surface area contributed by atoms with Gasteiger partial charge in [0, 0.05) is 53.5 Å². The summed E-state index contributed by atoms with van der Waals surface area (Å²) in [5, 5.41) is 25.0. The van der Waals surface area contributed by atoms with E-state index in [1.807, 2.05) is 19.1 Å². The number of phenols is 1. The van der Waals surface area contributed by atoms with Crippen molar-refractivity contribution in [1.29, 1.82) is 0 Å². The summed E-state index contributed by atoms with van der Waals surface area (Å²) in [6.07, 6.45) is 7.26. The SMILES string of the molecule is COc1cc(O)cc(N=CC(=C(C)N)C(Nc2ccc(C(=O)NCCC(=O)O)cc2)C2CCCCC2)c1. The number of carbonyl (C=O) groups is 2. The minimum absolute atomic E-state index is 0.0653. The predicted octanol–water partition coefficient (Wildman–Crippen LogP) is 4.60. The Balaban J connectivity index is 1.82. The van der Waals surface area contributed by atoms with Crippen molar-refractivity contribution in [3.63, 3.8) is 0 Å². The molecule has 0 bridgehead atoms. The number of rotatable bonds is 11. The number of hydrogen-bond donors (Lipinski definition) is 5. The van der Waals surface area contributed by atoms with Gasteiger partial charge in [0.1, 0.15) is 11.5 Å². The molecule has 37 heavy (non-hydrogen) atoms. The molecule has 0 heterocycles. The van der Waals surface area contributed by atoms with Crippen LogP contribution in [-0.2, 0) is 4.79 Å². The highest BCUT2D eigenvalue weighted by atomic mass is 16.5. The fourth-order valence-corrected chi connectivity index (χ4v) is 4.53. The summed E-state index contributed by atoms with van der Waals surface area (Å²) in [7, 11) is 1.53. The molecule has 1 amide bonds. The van der Waals surface area contributed by atoms with E-state index in [9.17, 15) is 14.7 Å². The summed E-state index contributed by atoms with van der Waals surface area (Å²) >= 11 is 0. The van der Waals surface area contributed by atoms with Crippen molar-refractivity contribution in [2.75, 3.05) is 19.0 Å². The Morgan fingerprint density at radius 2 is 1.86 bits per heavy atom. The van der Waals surface area contributed by atoms with E-state index in [2.05, 4.69) is 15.6 Å². The van der Waals surface area contributed by atoms with E-state index in [-0.39, 0.29) is 30.7 Å². The zero-order valence-electron chi connectivity index (χ0n) is 21.4. The first kappa shape index (κ1) is 27.6. The summed E-state index contributed by atoms with van der Waals surface area (Å²) in [4.78, 5) is 27.6. The predicted molar refractivity (Wildman–Crippen MR) is 145 cm³/mol. The highest BCUT2D eigenvalue weighted by Crippen LogP contribution is 2.33. The number of nitrogens with two attached hydrogens (primary N) is 1. The maximum absolute atomic E-state index is 12.3. The molecule has 9 heteroatoms. The minimum atomic E-state index is -0.959. The second-order valence-corrected chi connectivity index (χ2v) is 9.28. The molecule has 1 fully saturated rings. The van der Waals surface area contributed by atoms with Crippen molar-refractivity contribution < 1.29 is 24.5 Å². The van der Waals surface area contributed by atoms with Gasteiger partial charge in [0.15, 0.2) is 0 Å². The fourth-order valence-electron chi connectivity index (χ4n) is 4.53. The molecule has 2 aromatic rings. The lowest BCUT2D eigenvalue weighted by atomic mass is 9.80. The largest absolute Gasteiger partial charge is 0.508 e. The molecule has 9 nitrogen and oxygen atoms in total. The Labute approximate surface area is 217 Å². The number of hydrogen-bond acceptors (Lipinski definition) is 7. The molecule has 0 saturated heterocycles. The molecule has 1 unspecified atom stereocenters. The summed E-state index contributed by atoms with van der Waals surface area (Å²) in [6.45, 7) is 1.93. The molecule has 1 aliphatic rings. The Hall–Kier alpha value is -4.01. The zero-order chi connectivity index (χ0) is 26.8. The van der Waals surface area contributed by atoms with Crippen molar-refractivity contribution in [3.8, 4) is 11.5 Å². The van der Waals surface area contributed by atoms with Crippen molar-refractivity contribution in [2.45, 2.75) is 51.5 Å². The van der Waals surface area contributed by atoms with Crippen LogP contribution < -0.4 is 21.1 Å². The van der Waals surface area contributed by atoms with E-state index >= 15 is 0 Å². The van der Waals surface area contributed by atoms with Gasteiger partial charge in [0.2, 0.25) is 0 Å². The first-order chi connectivity index (χ1) is 17.8. The van der Waals surface area contributed by atoms with E-state index in [1.165, 1.54) is 19.6 Å². The third kappa shape index (κ3) is 8.27. The van der Waals surface area contributed by atoms with Gasteiger partial charge in [-0.1, -0.05) is 19.3 Å². The Kier molecular flexibility index (Phi) is 9.94. The monoisotopic (exact) mass is 508 g/mol. The Bertz CT molecular complexity index is 1130. The number of carboxylic acid groups (broad SMARTS) is 1. The van der Waals surface area contributed by atoms with Gasteiger partial charge in [-0.3, -0.25) is 14.6 Å². The van der Waals surface area contributed by atoms with Gasteiger partial charge in [0.25, 0.3) is 5.91 Å². The number of amides is 1. The Morgan fingerprint density at radius 3 is 2.49 bits per heavy atom. The van der Waals surface area contributed by atoms with Crippen LogP contribution in [-0.4, -0.2) is 48.0 Å². The van der Waals surface area contributed by atoms with Gasteiger partial charge >= 0.3 is 5.97 Å². The Morgan fingerprint density at radius 1 is 1.16 bits per heavy atom. The summed E-state index contributed by atoms with van der Waals surface area (Å²) in [5.41, 5.74) is 9.71.